The molecule has 0 bridgehead atoms. The lowest BCUT2D eigenvalue weighted by Crippen LogP contribution is -2.10. The normalized spacial score (nSPS) is 11.0. The monoisotopic (exact) mass is 853 g/mol. The second-order valence-corrected chi connectivity index (χ2v) is 16.9. The Morgan fingerprint density at radius 2 is 0.418 bits per heavy atom. The smallest absolute Gasteiger partial charge is 0.0473 e. The molecule has 0 heterocycles. The molecule has 0 radical (unpaired) electrons. The number of rotatable bonds is 11. The Morgan fingerprint density at radius 1 is 0.149 bits per heavy atom. The minimum Gasteiger partial charge on any atom is -0.310 e. The highest BCUT2D eigenvalue weighted by atomic mass is 15.1. The third-order valence-corrected chi connectivity index (χ3v) is 12.7. The zero-order valence-corrected chi connectivity index (χ0v) is 37.1. The highest BCUT2D eigenvalue weighted by molar-refractivity contribution is 5.91. The fourth-order valence-electron chi connectivity index (χ4n) is 9.29. The zero-order chi connectivity index (χ0) is 44.8. The molecule has 0 aliphatic rings. The highest BCUT2D eigenvalue weighted by Crippen LogP contribution is 2.43. The van der Waals surface area contributed by atoms with Gasteiger partial charge in [0.05, 0.1) is 0 Å². The maximum Gasteiger partial charge on any atom is 0.0473 e. The summed E-state index contributed by atoms with van der Waals surface area (Å²) in [6.07, 6.45) is 0. The van der Waals surface area contributed by atoms with Gasteiger partial charge in [-0.1, -0.05) is 231 Å². The van der Waals surface area contributed by atoms with Crippen LogP contribution in [0.2, 0.25) is 0 Å². The van der Waals surface area contributed by atoms with Gasteiger partial charge in [-0.3, -0.25) is 0 Å². The fourth-order valence-corrected chi connectivity index (χ4v) is 9.29. The molecule has 0 fully saturated rings. The second-order valence-electron chi connectivity index (χ2n) is 16.9. The van der Waals surface area contributed by atoms with Crippen LogP contribution < -0.4 is 4.90 Å². The molecule has 0 atom stereocenters. The molecule has 0 amide bonds. The van der Waals surface area contributed by atoms with Gasteiger partial charge in [0.2, 0.25) is 0 Å². The largest absolute Gasteiger partial charge is 0.310 e. The summed E-state index contributed by atoms with van der Waals surface area (Å²) in [5, 5.41) is 0. The van der Waals surface area contributed by atoms with Gasteiger partial charge in [0.1, 0.15) is 0 Å². The first kappa shape index (κ1) is 41.0. The Balaban J connectivity index is 1.07. The molecule has 11 aromatic carbocycles. The van der Waals surface area contributed by atoms with Gasteiger partial charge < -0.3 is 4.90 Å². The minimum absolute atomic E-state index is 1.07. The van der Waals surface area contributed by atoms with Crippen LogP contribution in [0.25, 0.3) is 89.0 Å². The van der Waals surface area contributed by atoms with E-state index in [0.717, 1.165) is 39.3 Å². The van der Waals surface area contributed by atoms with Crippen molar-refractivity contribution in [3.05, 3.63) is 285 Å². The van der Waals surface area contributed by atoms with E-state index in [2.05, 4.69) is 290 Å². The van der Waals surface area contributed by atoms with Crippen LogP contribution in [-0.2, 0) is 0 Å². The molecular weight excluding hydrogens is 807 g/mol. The number of anilines is 3. The van der Waals surface area contributed by atoms with Crippen molar-refractivity contribution in [1.29, 1.82) is 0 Å². The Morgan fingerprint density at radius 3 is 0.746 bits per heavy atom. The molecule has 0 N–H and O–H groups in total. The Kier molecular flexibility index (Phi) is 11.5. The topological polar surface area (TPSA) is 3.24 Å². The summed E-state index contributed by atoms with van der Waals surface area (Å²) in [5.74, 6) is 0. The molecule has 0 spiro atoms. The van der Waals surface area contributed by atoms with Crippen molar-refractivity contribution < 1.29 is 0 Å². The molecule has 0 saturated heterocycles. The van der Waals surface area contributed by atoms with Crippen molar-refractivity contribution >= 4 is 17.1 Å². The van der Waals surface area contributed by atoms with E-state index < -0.39 is 0 Å². The van der Waals surface area contributed by atoms with Crippen LogP contribution in [0.15, 0.2) is 285 Å². The van der Waals surface area contributed by atoms with Gasteiger partial charge in [0.15, 0.2) is 0 Å². The summed E-state index contributed by atoms with van der Waals surface area (Å²) in [7, 11) is 0. The van der Waals surface area contributed by atoms with Gasteiger partial charge in [-0.05, 0) is 144 Å². The van der Waals surface area contributed by atoms with Gasteiger partial charge in [0.25, 0.3) is 0 Å². The summed E-state index contributed by atoms with van der Waals surface area (Å²) in [5.41, 5.74) is 22.1. The van der Waals surface area contributed by atoms with Crippen LogP contribution in [0, 0.1) is 0 Å². The molecule has 0 aromatic heterocycles. The average molecular weight is 854 g/mol. The molecule has 0 aliphatic heterocycles. The molecule has 1 heteroatoms. The lowest BCUT2D eigenvalue weighted by molar-refractivity contribution is 1.28. The summed E-state index contributed by atoms with van der Waals surface area (Å²) < 4.78 is 0. The van der Waals surface area contributed by atoms with Crippen LogP contribution in [0.4, 0.5) is 17.1 Å². The number of hydrogen-bond donors (Lipinski definition) is 0. The second kappa shape index (κ2) is 18.7. The van der Waals surface area contributed by atoms with Gasteiger partial charge in [-0.25, -0.2) is 0 Å². The van der Waals surface area contributed by atoms with Gasteiger partial charge in [0, 0.05) is 17.1 Å². The van der Waals surface area contributed by atoms with Crippen LogP contribution in [0.3, 0.4) is 0 Å². The molecular formula is C66H47N. The zero-order valence-electron chi connectivity index (χ0n) is 37.1. The van der Waals surface area contributed by atoms with Crippen LogP contribution in [0.5, 0.6) is 0 Å². The van der Waals surface area contributed by atoms with Crippen LogP contribution in [-0.4, -0.2) is 0 Å². The van der Waals surface area contributed by atoms with E-state index in [1.165, 1.54) is 66.8 Å². The quantitative estimate of drug-likeness (QED) is 0.125. The van der Waals surface area contributed by atoms with Crippen molar-refractivity contribution in [2.75, 3.05) is 4.90 Å². The molecule has 0 saturated carbocycles. The Hall–Kier alpha value is -8.78. The standard InChI is InChI=1S/C66H47N/c1-7-19-48(20-8-1)56-35-41-63(52-27-15-5-16-28-52)65(46-56)54-31-37-60(38-32-54)67(62-44-58(50-23-11-3-12-24-50)43-59(45-62)51-25-13-4-14-26-51)61-39-33-55(34-40-61)66-47-57(49-21-9-2-10-22-49)36-42-64(66)53-29-17-6-18-30-53/h1-47H. The van der Waals surface area contributed by atoms with Crippen molar-refractivity contribution in [3.8, 4) is 89.0 Å². The molecule has 67 heavy (non-hydrogen) atoms. The summed E-state index contributed by atoms with van der Waals surface area (Å²) in [6, 6.07) is 103. The van der Waals surface area contributed by atoms with E-state index in [9.17, 15) is 0 Å². The predicted molar refractivity (Wildman–Crippen MR) is 285 cm³/mol. The van der Waals surface area contributed by atoms with Gasteiger partial charge in [-0.15, -0.1) is 0 Å². The summed E-state index contributed by atoms with van der Waals surface area (Å²) >= 11 is 0. The minimum atomic E-state index is 1.07. The van der Waals surface area contributed by atoms with E-state index in [-0.39, 0.29) is 0 Å². The van der Waals surface area contributed by atoms with E-state index in [1.54, 1.807) is 0 Å². The first-order valence-corrected chi connectivity index (χ1v) is 23.0. The summed E-state index contributed by atoms with van der Waals surface area (Å²) in [4.78, 5) is 2.41. The highest BCUT2D eigenvalue weighted by Gasteiger charge is 2.19. The molecule has 316 valence electrons. The molecule has 11 aromatic rings. The van der Waals surface area contributed by atoms with Gasteiger partial charge >= 0.3 is 0 Å². The van der Waals surface area contributed by atoms with Crippen molar-refractivity contribution in [2.45, 2.75) is 0 Å². The Labute approximate surface area is 394 Å². The number of nitrogens with zero attached hydrogens (tertiary/aromatic N) is 1. The summed E-state index contributed by atoms with van der Waals surface area (Å²) in [6.45, 7) is 0. The molecule has 0 aliphatic carbocycles. The molecule has 11 rings (SSSR count). The maximum absolute atomic E-state index is 2.41. The third-order valence-electron chi connectivity index (χ3n) is 12.7. The first-order chi connectivity index (χ1) is 33.2. The maximum atomic E-state index is 2.41. The Bertz CT molecular complexity index is 3160. The molecule has 1 nitrogen and oxygen atoms in total. The van der Waals surface area contributed by atoms with Crippen molar-refractivity contribution in [2.24, 2.45) is 0 Å². The van der Waals surface area contributed by atoms with Crippen LogP contribution >= 0.6 is 0 Å². The van der Waals surface area contributed by atoms with E-state index in [1.807, 2.05) is 0 Å². The SMILES string of the molecule is c1ccc(-c2cc(-c3ccccc3)cc(N(c3ccc(-c4cc(-c5ccccc5)ccc4-c4ccccc4)cc3)c3ccc(-c4cc(-c5ccccc5)ccc4-c4ccccc4)cc3)c2)cc1. The number of hydrogen-bond acceptors (Lipinski definition) is 1. The lowest BCUT2D eigenvalue weighted by Gasteiger charge is -2.27. The van der Waals surface area contributed by atoms with Crippen LogP contribution in [0.1, 0.15) is 0 Å². The fraction of sp³-hybridized carbons (Fsp3) is 0. The third kappa shape index (κ3) is 8.75. The predicted octanol–water partition coefficient (Wildman–Crippen LogP) is 18.5. The average Bonchev–Trinajstić information content (AvgIpc) is 3.42. The molecule has 0 unspecified atom stereocenters. The lowest BCUT2D eigenvalue weighted by atomic mass is 9.90. The number of benzene rings is 11. The van der Waals surface area contributed by atoms with Gasteiger partial charge in [-0.2, -0.15) is 0 Å². The van der Waals surface area contributed by atoms with Crippen molar-refractivity contribution in [3.63, 3.8) is 0 Å². The van der Waals surface area contributed by atoms with E-state index in [4.69, 9.17) is 0 Å². The van der Waals surface area contributed by atoms with Crippen molar-refractivity contribution in [1.82, 2.24) is 0 Å². The van der Waals surface area contributed by atoms with E-state index in [0.29, 0.717) is 0 Å². The first-order valence-electron chi connectivity index (χ1n) is 23.0. The van der Waals surface area contributed by atoms with E-state index >= 15 is 0 Å².